The van der Waals surface area contributed by atoms with Crippen LogP contribution < -0.4 is 20.1 Å². The van der Waals surface area contributed by atoms with Crippen molar-refractivity contribution in [1.29, 1.82) is 0 Å². The molecule has 0 saturated carbocycles. The molecule has 0 aliphatic carbocycles. The van der Waals surface area contributed by atoms with Crippen molar-refractivity contribution < 1.29 is 38.3 Å². The molecule has 1 aliphatic rings. The molecule has 1 saturated heterocycles. The van der Waals surface area contributed by atoms with E-state index in [1.807, 2.05) is 6.07 Å². The zero-order valence-corrected chi connectivity index (χ0v) is 24.6. The number of benzene rings is 2. The number of fused-ring (bicyclic) bond motifs is 1. The summed E-state index contributed by atoms with van der Waals surface area (Å²) in [7, 11) is 1.51. The number of carbonyl (C=O) groups excluding carboxylic acids is 1. The topological polar surface area (TPSA) is 160 Å². The number of carbonyl (C=O) groups is 1. The summed E-state index contributed by atoms with van der Waals surface area (Å²) in [5, 5.41) is 25.3. The Morgan fingerprint density at radius 3 is 2.65 bits per heavy atom. The third kappa shape index (κ3) is 6.41. The maximum atomic E-state index is 12.5. The highest BCUT2D eigenvalue weighted by molar-refractivity contribution is 8.09. The molecule has 12 nitrogen and oxygen atoms in total. The van der Waals surface area contributed by atoms with E-state index in [-0.39, 0.29) is 12.7 Å². The molecule has 5 N–H and O–H groups in total. The van der Waals surface area contributed by atoms with Gasteiger partial charge >= 0.3 is 12.6 Å². The minimum atomic E-state index is -3.39. The molecule has 2 heterocycles. The zero-order valence-electron chi connectivity index (χ0n) is 22.9. The molecule has 0 spiro atoms. The molecule has 0 radical (unpaired) electrons. The summed E-state index contributed by atoms with van der Waals surface area (Å²) in [4.78, 5) is 16.9. The Morgan fingerprint density at radius 2 is 2.00 bits per heavy atom. The van der Waals surface area contributed by atoms with E-state index in [9.17, 15) is 15.0 Å². The fourth-order valence-corrected chi connectivity index (χ4v) is 6.77. The fraction of sp³-hybridized carbons (Fsp3) is 0.462. The first-order valence-electron chi connectivity index (χ1n) is 12.7. The Balaban J connectivity index is 1.56. The molecule has 218 valence electrons. The number of aliphatic hydroxyl groups excluding tert-OH is 1. The summed E-state index contributed by atoms with van der Waals surface area (Å²) >= 11 is 5.74. The van der Waals surface area contributed by atoms with Crippen LogP contribution in [0.5, 0.6) is 11.5 Å². The lowest BCUT2D eigenvalue weighted by molar-refractivity contribution is -0.149. The van der Waals surface area contributed by atoms with E-state index in [1.165, 1.54) is 20.4 Å². The number of nitrogen functional groups attached to an aromatic ring is 1. The number of hydrogen-bond donors (Lipinski definition) is 4. The Hall–Kier alpha value is -2.77. The van der Waals surface area contributed by atoms with Gasteiger partial charge in [0, 0.05) is 11.8 Å². The highest BCUT2D eigenvalue weighted by Gasteiger charge is 2.54. The Bertz CT molecular complexity index is 1390. The van der Waals surface area contributed by atoms with Gasteiger partial charge in [-0.1, -0.05) is 18.2 Å². The number of anilines is 1. The summed E-state index contributed by atoms with van der Waals surface area (Å²) in [5.74, 6) is 0.366. The molecular weight excluding hydrogens is 559 g/mol. The lowest BCUT2D eigenvalue weighted by atomic mass is 9.96. The number of esters is 1. The lowest BCUT2D eigenvalue weighted by Crippen LogP contribution is -2.44. The average Bonchev–Trinajstić information content (AvgIpc) is 3.40. The van der Waals surface area contributed by atoms with E-state index in [2.05, 4.69) is 10.1 Å². The molecule has 1 fully saturated rings. The van der Waals surface area contributed by atoms with E-state index in [0.717, 1.165) is 0 Å². The van der Waals surface area contributed by atoms with Crippen molar-refractivity contribution in [3.8, 4) is 11.5 Å². The van der Waals surface area contributed by atoms with Crippen LogP contribution in [0.3, 0.4) is 0 Å². The van der Waals surface area contributed by atoms with Crippen LogP contribution in [-0.2, 0) is 30.6 Å². The van der Waals surface area contributed by atoms with Crippen LogP contribution >= 0.6 is 6.64 Å². The third-order valence-electron chi connectivity index (χ3n) is 6.33. The molecular formula is C26H35N4O8PS. The molecule has 1 aliphatic heterocycles. The number of methoxy groups -OCH3 is 1. The average molecular weight is 595 g/mol. The maximum Gasteiger partial charge on any atom is 0.323 e. The molecule has 0 bridgehead atoms. The number of nitrogens with zero attached hydrogens (tertiary/aromatic N) is 2. The lowest BCUT2D eigenvalue weighted by Gasteiger charge is -2.28. The van der Waals surface area contributed by atoms with Gasteiger partial charge in [0.2, 0.25) is 0 Å². The molecule has 1 aromatic heterocycles. The first kappa shape index (κ1) is 30.2. The summed E-state index contributed by atoms with van der Waals surface area (Å²) in [5.41, 5.74) is 5.79. The minimum Gasteiger partial charge on any atom is -0.494 e. The highest BCUT2D eigenvalue weighted by atomic mass is 32.5. The van der Waals surface area contributed by atoms with E-state index < -0.39 is 42.7 Å². The Kier molecular flexibility index (Phi) is 9.05. The van der Waals surface area contributed by atoms with Crippen LogP contribution in [0.1, 0.15) is 33.9 Å². The van der Waals surface area contributed by atoms with Gasteiger partial charge in [0.25, 0.3) is 0 Å². The van der Waals surface area contributed by atoms with E-state index in [0.29, 0.717) is 28.2 Å². The number of ether oxygens (including phenoxy) is 3. The first-order valence-corrected chi connectivity index (χ1v) is 15.3. The van der Waals surface area contributed by atoms with Gasteiger partial charge in [0.15, 0.2) is 6.23 Å². The van der Waals surface area contributed by atoms with Crippen LogP contribution in [0, 0.1) is 0 Å². The predicted octanol–water partition coefficient (Wildman–Crippen LogP) is 2.89. The third-order valence-corrected chi connectivity index (χ3v) is 8.83. The SMILES string of the molecule is COc1cc(N)cc2c1ncn2[C@@H]1O[C@H](COP(=S)(NC(C)C(=O)OC(C)C)Oc2ccccc2)C(O)C1(C)O. The molecule has 40 heavy (non-hydrogen) atoms. The van der Waals surface area contributed by atoms with E-state index in [4.69, 9.17) is 40.8 Å². The van der Waals surface area contributed by atoms with Gasteiger partial charge in [-0.15, -0.1) is 0 Å². The fourth-order valence-electron chi connectivity index (χ4n) is 4.35. The van der Waals surface area contributed by atoms with Crippen molar-refractivity contribution in [2.45, 2.75) is 63.9 Å². The monoisotopic (exact) mass is 594 g/mol. The van der Waals surface area contributed by atoms with Gasteiger partial charge in [-0.2, -0.15) is 0 Å². The van der Waals surface area contributed by atoms with Gasteiger partial charge in [-0.25, -0.2) is 10.1 Å². The summed E-state index contributed by atoms with van der Waals surface area (Å²) in [6.07, 6.45) is -2.27. The quantitative estimate of drug-likeness (QED) is 0.146. The molecule has 6 atom stereocenters. The number of nitrogens with two attached hydrogens (primary N) is 1. The van der Waals surface area contributed by atoms with E-state index in [1.54, 1.807) is 61.7 Å². The summed E-state index contributed by atoms with van der Waals surface area (Å²) < 4.78 is 30.4. The van der Waals surface area contributed by atoms with Gasteiger partial charge in [-0.3, -0.25) is 4.79 Å². The molecule has 2 aromatic carbocycles. The van der Waals surface area contributed by atoms with Crippen LogP contribution in [0.15, 0.2) is 48.8 Å². The summed E-state index contributed by atoms with van der Waals surface area (Å²) in [6.45, 7) is 2.88. The summed E-state index contributed by atoms with van der Waals surface area (Å²) in [6, 6.07) is 11.2. The molecule has 4 rings (SSSR count). The second-order valence-electron chi connectivity index (χ2n) is 9.97. The van der Waals surface area contributed by atoms with Gasteiger partial charge in [0.1, 0.15) is 40.9 Å². The number of rotatable bonds is 11. The number of aliphatic hydroxyl groups is 2. The van der Waals surface area contributed by atoms with Crippen LogP contribution in [0.25, 0.3) is 11.0 Å². The van der Waals surface area contributed by atoms with E-state index >= 15 is 0 Å². The normalized spacial score (nSPS) is 25.1. The molecule has 4 unspecified atom stereocenters. The van der Waals surface area contributed by atoms with Crippen LogP contribution in [0.2, 0.25) is 0 Å². The number of para-hydroxylation sites is 1. The van der Waals surface area contributed by atoms with Gasteiger partial charge in [0.05, 0.1) is 31.7 Å². The van der Waals surface area contributed by atoms with Crippen molar-refractivity contribution in [3.63, 3.8) is 0 Å². The molecule has 14 heteroatoms. The second-order valence-corrected chi connectivity index (χ2v) is 13.1. The highest BCUT2D eigenvalue weighted by Crippen LogP contribution is 2.47. The largest absolute Gasteiger partial charge is 0.494 e. The van der Waals surface area contributed by atoms with Crippen LogP contribution in [-0.4, -0.2) is 69.4 Å². The Labute approximate surface area is 237 Å². The molecule has 0 amide bonds. The number of hydrogen-bond acceptors (Lipinski definition) is 11. The zero-order chi connectivity index (χ0) is 29.2. The van der Waals surface area contributed by atoms with Gasteiger partial charge in [-0.05, 0) is 57.7 Å². The molecule has 3 aromatic rings. The smallest absolute Gasteiger partial charge is 0.323 e. The number of nitrogens with one attached hydrogen (secondary N) is 1. The second kappa shape index (κ2) is 12.0. The number of imidazole rings is 1. The maximum absolute atomic E-state index is 12.5. The minimum absolute atomic E-state index is 0.255. The van der Waals surface area contributed by atoms with Crippen molar-refractivity contribution >= 4 is 41.1 Å². The number of aromatic nitrogens is 2. The van der Waals surface area contributed by atoms with Crippen molar-refractivity contribution in [2.24, 2.45) is 0 Å². The van der Waals surface area contributed by atoms with Crippen LogP contribution in [0.4, 0.5) is 5.69 Å². The van der Waals surface area contributed by atoms with Crippen molar-refractivity contribution in [3.05, 3.63) is 48.8 Å². The van der Waals surface area contributed by atoms with Crippen molar-refractivity contribution in [2.75, 3.05) is 19.5 Å². The predicted molar refractivity (Wildman–Crippen MR) is 152 cm³/mol. The Morgan fingerprint density at radius 1 is 1.30 bits per heavy atom. The first-order chi connectivity index (χ1) is 18.8. The van der Waals surface area contributed by atoms with Crippen molar-refractivity contribution in [1.82, 2.24) is 14.6 Å². The van der Waals surface area contributed by atoms with Gasteiger partial charge < -0.3 is 43.8 Å². The standard InChI is InChI=1S/C26H35N4O8PS/c1-15(2)36-24(32)16(3)29-39(40,38-18-9-7-6-8-10-18)35-13-21-23(31)26(4,33)25(37-21)30-14-28-22-19(30)11-17(27)12-20(22)34-5/h6-12,14-16,21,23,25,31,33H,13,27H2,1-5H3,(H,29,40)/t16?,21-,23?,25-,26?,39?/m1/s1.